The lowest BCUT2D eigenvalue weighted by molar-refractivity contribution is 0.412. The van der Waals surface area contributed by atoms with E-state index in [2.05, 4.69) is 53.1 Å². The molecule has 0 spiro atoms. The van der Waals surface area contributed by atoms with Crippen molar-refractivity contribution in [2.45, 2.75) is 5.92 Å². The van der Waals surface area contributed by atoms with Gasteiger partial charge in [0.1, 0.15) is 5.75 Å². The summed E-state index contributed by atoms with van der Waals surface area (Å²) < 4.78 is 5.64. The molecule has 2 aromatic rings. The summed E-state index contributed by atoms with van der Waals surface area (Å²) in [6.45, 7) is 3.21. The largest absolute Gasteiger partial charge is 0.495 e. The van der Waals surface area contributed by atoms with Gasteiger partial charge in [0.15, 0.2) is 0 Å². The van der Waals surface area contributed by atoms with Crippen LogP contribution in [0, 0.1) is 5.92 Å². The molecule has 1 saturated heterocycles. The van der Waals surface area contributed by atoms with Crippen molar-refractivity contribution < 1.29 is 4.74 Å². The first-order valence-corrected chi connectivity index (χ1v) is 7.59. The Bertz CT molecular complexity index is 654. The van der Waals surface area contributed by atoms with Gasteiger partial charge in [-0.1, -0.05) is 30.3 Å². The highest BCUT2D eigenvalue weighted by Crippen LogP contribution is 2.44. The fraction of sp³-hybridized carbons (Fsp3) is 0.333. The molecule has 2 heterocycles. The highest BCUT2D eigenvalue weighted by Gasteiger charge is 2.34. The van der Waals surface area contributed by atoms with E-state index < -0.39 is 0 Å². The first-order valence-electron chi connectivity index (χ1n) is 7.59. The van der Waals surface area contributed by atoms with Crippen LogP contribution in [0.25, 0.3) is 11.1 Å². The molecule has 108 valence electrons. The predicted octanol–water partition coefficient (Wildman–Crippen LogP) is 3.09. The average molecular weight is 280 g/mol. The van der Waals surface area contributed by atoms with Crippen LogP contribution >= 0.6 is 0 Å². The molecular weight excluding hydrogens is 260 g/mol. The Morgan fingerprint density at radius 2 is 1.86 bits per heavy atom. The molecule has 2 aliphatic heterocycles. The highest BCUT2D eigenvalue weighted by atomic mass is 16.5. The van der Waals surface area contributed by atoms with Gasteiger partial charge in [-0.05, 0) is 34.7 Å². The second-order valence-corrected chi connectivity index (χ2v) is 5.91. The van der Waals surface area contributed by atoms with Crippen LogP contribution in [0.2, 0.25) is 0 Å². The monoisotopic (exact) mass is 280 g/mol. The molecule has 21 heavy (non-hydrogen) atoms. The van der Waals surface area contributed by atoms with Crippen LogP contribution in [-0.2, 0) is 0 Å². The highest BCUT2D eigenvalue weighted by molar-refractivity contribution is 5.75. The summed E-state index contributed by atoms with van der Waals surface area (Å²) in [5.74, 6) is 2.24. The van der Waals surface area contributed by atoms with Gasteiger partial charge in [-0.3, -0.25) is 0 Å². The number of nitrogens with one attached hydrogen (secondary N) is 2. The van der Waals surface area contributed by atoms with Crippen LogP contribution < -0.4 is 15.4 Å². The van der Waals surface area contributed by atoms with Crippen molar-refractivity contribution in [3.8, 4) is 16.9 Å². The second kappa shape index (κ2) is 5.08. The van der Waals surface area contributed by atoms with E-state index >= 15 is 0 Å². The minimum absolute atomic E-state index is 0.596. The first kappa shape index (κ1) is 12.7. The maximum absolute atomic E-state index is 5.64. The van der Waals surface area contributed by atoms with Gasteiger partial charge in [0.05, 0.1) is 12.8 Å². The van der Waals surface area contributed by atoms with Crippen LogP contribution in [0.3, 0.4) is 0 Å². The topological polar surface area (TPSA) is 33.3 Å². The molecule has 2 aromatic carbocycles. The standard InChI is InChI=1S/C18H20N2O/c1-21-17-8-13(12-5-3-2-4-6-12)7-15-16-11-19-9-14(16)10-20-18(15)17/h2-8,14,16,19-20H,9-11H2,1H3. The van der Waals surface area contributed by atoms with E-state index in [0.29, 0.717) is 11.8 Å². The van der Waals surface area contributed by atoms with E-state index in [1.54, 1.807) is 7.11 Å². The van der Waals surface area contributed by atoms with Crippen molar-refractivity contribution in [2.75, 3.05) is 32.1 Å². The number of methoxy groups -OCH3 is 1. The van der Waals surface area contributed by atoms with Gasteiger partial charge < -0.3 is 15.4 Å². The van der Waals surface area contributed by atoms with Gasteiger partial charge in [0.25, 0.3) is 0 Å². The van der Waals surface area contributed by atoms with Crippen molar-refractivity contribution in [1.29, 1.82) is 0 Å². The zero-order chi connectivity index (χ0) is 14.2. The Morgan fingerprint density at radius 1 is 1.00 bits per heavy atom. The number of rotatable bonds is 2. The third-order valence-electron chi connectivity index (χ3n) is 4.74. The smallest absolute Gasteiger partial charge is 0.142 e. The fourth-order valence-corrected chi connectivity index (χ4v) is 3.62. The Kier molecular flexibility index (Phi) is 3.08. The van der Waals surface area contributed by atoms with Gasteiger partial charge in [-0.15, -0.1) is 0 Å². The Balaban J connectivity index is 1.86. The molecule has 1 fully saturated rings. The number of hydrogen-bond donors (Lipinski definition) is 2. The zero-order valence-electron chi connectivity index (χ0n) is 12.2. The minimum Gasteiger partial charge on any atom is -0.495 e. The quantitative estimate of drug-likeness (QED) is 0.887. The van der Waals surface area contributed by atoms with Crippen LogP contribution in [0.15, 0.2) is 42.5 Å². The van der Waals surface area contributed by atoms with E-state index in [0.717, 1.165) is 25.4 Å². The lowest BCUT2D eigenvalue weighted by atomic mass is 9.83. The summed E-state index contributed by atoms with van der Waals surface area (Å²) in [4.78, 5) is 0. The van der Waals surface area contributed by atoms with E-state index in [4.69, 9.17) is 4.74 Å². The minimum atomic E-state index is 0.596. The molecule has 0 aliphatic carbocycles. The van der Waals surface area contributed by atoms with E-state index in [1.807, 2.05) is 0 Å². The SMILES string of the molecule is COc1cc(-c2ccccc2)cc2c1NCC1CNCC21. The maximum Gasteiger partial charge on any atom is 0.142 e. The van der Waals surface area contributed by atoms with Crippen molar-refractivity contribution in [2.24, 2.45) is 5.92 Å². The molecule has 2 unspecified atom stereocenters. The van der Waals surface area contributed by atoms with Crippen LogP contribution in [-0.4, -0.2) is 26.7 Å². The van der Waals surface area contributed by atoms with Crippen LogP contribution in [0.5, 0.6) is 5.75 Å². The molecule has 4 rings (SSSR count). The molecule has 0 radical (unpaired) electrons. The van der Waals surface area contributed by atoms with Gasteiger partial charge in [-0.2, -0.15) is 0 Å². The Hall–Kier alpha value is -2.00. The lowest BCUT2D eigenvalue weighted by Gasteiger charge is -2.30. The van der Waals surface area contributed by atoms with Crippen molar-refractivity contribution >= 4 is 5.69 Å². The number of ether oxygens (including phenoxy) is 1. The van der Waals surface area contributed by atoms with Crippen molar-refractivity contribution in [1.82, 2.24) is 5.32 Å². The van der Waals surface area contributed by atoms with Crippen molar-refractivity contribution in [3.05, 3.63) is 48.0 Å². The van der Waals surface area contributed by atoms with E-state index in [9.17, 15) is 0 Å². The molecule has 3 heteroatoms. The molecular formula is C18H20N2O. The summed E-state index contributed by atoms with van der Waals surface area (Å²) >= 11 is 0. The fourth-order valence-electron chi connectivity index (χ4n) is 3.62. The third kappa shape index (κ3) is 2.09. The first-order chi connectivity index (χ1) is 10.4. The van der Waals surface area contributed by atoms with E-state index in [-0.39, 0.29) is 0 Å². The number of hydrogen-bond acceptors (Lipinski definition) is 3. The normalized spacial score (nSPS) is 23.1. The number of fused-ring (bicyclic) bond motifs is 3. The Morgan fingerprint density at radius 3 is 2.67 bits per heavy atom. The molecule has 2 aliphatic rings. The third-order valence-corrected chi connectivity index (χ3v) is 4.74. The number of benzene rings is 2. The molecule has 0 bridgehead atoms. The maximum atomic E-state index is 5.64. The van der Waals surface area contributed by atoms with Crippen LogP contribution in [0.4, 0.5) is 5.69 Å². The van der Waals surface area contributed by atoms with E-state index in [1.165, 1.54) is 22.4 Å². The molecule has 0 amide bonds. The average Bonchev–Trinajstić information content (AvgIpc) is 3.03. The van der Waals surface area contributed by atoms with Crippen LogP contribution in [0.1, 0.15) is 11.5 Å². The van der Waals surface area contributed by atoms with Gasteiger partial charge >= 0.3 is 0 Å². The predicted molar refractivity (Wildman–Crippen MR) is 86.0 cm³/mol. The second-order valence-electron chi connectivity index (χ2n) is 5.91. The van der Waals surface area contributed by atoms with Crippen molar-refractivity contribution in [3.63, 3.8) is 0 Å². The summed E-state index contributed by atoms with van der Waals surface area (Å²) in [6, 6.07) is 15.0. The number of anilines is 1. The lowest BCUT2D eigenvalue weighted by Crippen LogP contribution is -2.27. The Labute approximate surface area is 125 Å². The van der Waals surface area contributed by atoms with Gasteiger partial charge in [0.2, 0.25) is 0 Å². The van der Waals surface area contributed by atoms with Gasteiger partial charge in [0, 0.05) is 25.6 Å². The molecule has 2 N–H and O–H groups in total. The molecule has 0 saturated carbocycles. The van der Waals surface area contributed by atoms with Gasteiger partial charge in [-0.25, -0.2) is 0 Å². The zero-order valence-corrected chi connectivity index (χ0v) is 12.2. The molecule has 3 nitrogen and oxygen atoms in total. The summed E-state index contributed by atoms with van der Waals surface area (Å²) in [5, 5.41) is 7.09. The summed E-state index contributed by atoms with van der Waals surface area (Å²) in [7, 11) is 1.76. The molecule has 0 aromatic heterocycles. The summed E-state index contributed by atoms with van der Waals surface area (Å²) in [5.41, 5.74) is 5.06. The summed E-state index contributed by atoms with van der Waals surface area (Å²) in [6.07, 6.45) is 0. The molecule has 2 atom stereocenters.